The van der Waals surface area contributed by atoms with Gasteiger partial charge in [0.05, 0.1) is 23.4 Å². The maximum Gasteiger partial charge on any atom is 0.256 e. The van der Waals surface area contributed by atoms with Crippen LogP contribution in [0.4, 0.5) is 5.69 Å². The Hall–Kier alpha value is -1.32. The normalized spacial score (nSPS) is 24.9. The largest absolute Gasteiger partial charge is 0.495 e. The number of benzene rings is 1. The van der Waals surface area contributed by atoms with E-state index < -0.39 is 17.0 Å². The highest BCUT2D eigenvalue weighted by molar-refractivity contribution is 8.01. The molecule has 1 spiro atoms. The summed E-state index contributed by atoms with van der Waals surface area (Å²) in [6.07, 6.45) is 1.21. The van der Waals surface area contributed by atoms with Crippen molar-refractivity contribution in [1.29, 1.82) is 0 Å². The molecule has 0 radical (unpaired) electrons. The number of halogens is 1. The Morgan fingerprint density at radius 3 is 2.89 bits per heavy atom. The number of nitrogens with zero attached hydrogens (tertiary/aromatic N) is 2. The van der Waals surface area contributed by atoms with Gasteiger partial charge in [0.1, 0.15) is 17.2 Å². The minimum atomic E-state index is -0.827. The predicted molar refractivity (Wildman–Crippen MR) is 104 cm³/mol. The van der Waals surface area contributed by atoms with Gasteiger partial charge in [0, 0.05) is 30.2 Å². The molecule has 9 heteroatoms. The van der Waals surface area contributed by atoms with Crippen molar-refractivity contribution in [3.05, 3.63) is 17.2 Å². The summed E-state index contributed by atoms with van der Waals surface area (Å²) < 4.78 is 10.8. The number of methoxy groups -OCH3 is 1. The van der Waals surface area contributed by atoms with E-state index in [2.05, 4.69) is 5.43 Å². The molecule has 146 valence electrons. The predicted octanol–water partition coefficient (Wildman–Crippen LogP) is 2.52. The Kier molecular flexibility index (Phi) is 5.11. The van der Waals surface area contributed by atoms with Gasteiger partial charge < -0.3 is 14.6 Å². The SMILES string of the molecule is COc1cc2c(cc1Cl)N=C1CC3(CCOCC3)N(NC(C)O)C(=O)C1S2. The molecule has 3 aliphatic rings. The lowest BCUT2D eigenvalue weighted by atomic mass is 9.80. The third-order valence-corrected chi connectivity index (χ3v) is 6.80. The third-order valence-electron chi connectivity index (χ3n) is 5.21. The molecule has 2 saturated heterocycles. The number of aliphatic imine (C=N–C) groups is 1. The van der Waals surface area contributed by atoms with Crippen molar-refractivity contribution in [3.63, 3.8) is 0 Å². The lowest BCUT2D eigenvalue weighted by Gasteiger charge is -2.51. The minimum Gasteiger partial charge on any atom is -0.495 e. The van der Waals surface area contributed by atoms with E-state index >= 15 is 0 Å². The van der Waals surface area contributed by atoms with Gasteiger partial charge in [0.25, 0.3) is 5.91 Å². The zero-order chi connectivity index (χ0) is 19.2. The lowest BCUT2D eigenvalue weighted by molar-refractivity contribution is -0.154. The molecule has 0 aromatic heterocycles. The summed E-state index contributed by atoms with van der Waals surface area (Å²) in [7, 11) is 1.56. The summed E-state index contributed by atoms with van der Waals surface area (Å²) in [6, 6.07) is 3.61. The average Bonchev–Trinajstić information content (AvgIpc) is 2.64. The summed E-state index contributed by atoms with van der Waals surface area (Å²) in [5, 5.41) is 11.6. The number of carbonyl (C=O) groups excluding carboxylic acids is 1. The molecule has 4 rings (SSSR count). The molecule has 1 amide bonds. The molecule has 7 nitrogen and oxygen atoms in total. The van der Waals surface area contributed by atoms with Gasteiger partial charge in [-0.1, -0.05) is 11.6 Å². The van der Waals surface area contributed by atoms with E-state index in [1.807, 2.05) is 6.07 Å². The molecular weight excluding hydrogens is 390 g/mol. The quantitative estimate of drug-likeness (QED) is 0.743. The van der Waals surface area contributed by atoms with Crippen LogP contribution in [0.3, 0.4) is 0 Å². The highest BCUT2D eigenvalue weighted by atomic mass is 35.5. The Balaban J connectivity index is 1.74. The molecule has 27 heavy (non-hydrogen) atoms. The lowest BCUT2D eigenvalue weighted by Crippen LogP contribution is -2.69. The standard InChI is InChI=1S/C18H22ClN3O4S/c1-10(23)21-22-17(24)16-13(9-18(22)3-5-26-6-4-18)20-12-7-11(19)14(25-2)8-15(12)27-16/h7-8,10,16,21,23H,3-6,9H2,1-2H3. The number of piperidine rings is 1. The number of aliphatic hydroxyl groups excluding tert-OH is 1. The first-order valence-corrected chi connectivity index (χ1v) is 10.2. The summed E-state index contributed by atoms with van der Waals surface area (Å²) in [4.78, 5) is 19.0. The summed E-state index contributed by atoms with van der Waals surface area (Å²) >= 11 is 7.71. The van der Waals surface area contributed by atoms with E-state index in [4.69, 9.17) is 26.1 Å². The van der Waals surface area contributed by atoms with Gasteiger partial charge in [-0.2, -0.15) is 0 Å². The Morgan fingerprint density at radius 2 is 2.22 bits per heavy atom. The minimum absolute atomic E-state index is 0.0904. The number of hydrogen-bond acceptors (Lipinski definition) is 7. The molecule has 1 aromatic rings. The van der Waals surface area contributed by atoms with Gasteiger partial charge in [-0.05, 0) is 31.9 Å². The van der Waals surface area contributed by atoms with E-state index in [-0.39, 0.29) is 5.91 Å². The van der Waals surface area contributed by atoms with Crippen molar-refractivity contribution in [2.24, 2.45) is 4.99 Å². The van der Waals surface area contributed by atoms with Crippen LogP contribution in [-0.2, 0) is 9.53 Å². The van der Waals surface area contributed by atoms with Crippen LogP contribution >= 0.6 is 23.4 Å². The van der Waals surface area contributed by atoms with E-state index in [0.717, 1.165) is 16.3 Å². The van der Waals surface area contributed by atoms with Gasteiger partial charge in [0.15, 0.2) is 0 Å². The molecule has 0 saturated carbocycles. The Morgan fingerprint density at radius 1 is 1.48 bits per heavy atom. The fourth-order valence-corrected chi connectivity index (χ4v) is 5.27. The topological polar surface area (TPSA) is 83.4 Å². The van der Waals surface area contributed by atoms with Gasteiger partial charge in [0.2, 0.25) is 0 Å². The fraction of sp³-hybridized carbons (Fsp3) is 0.556. The number of ether oxygens (including phenoxy) is 2. The molecule has 0 aliphatic carbocycles. The fourth-order valence-electron chi connectivity index (χ4n) is 3.90. The third kappa shape index (κ3) is 3.34. The van der Waals surface area contributed by atoms with Gasteiger partial charge in [-0.15, -0.1) is 11.8 Å². The molecule has 2 fully saturated rings. The van der Waals surface area contributed by atoms with Crippen LogP contribution in [0.15, 0.2) is 22.0 Å². The van der Waals surface area contributed by atoms with E-state index in [9.17, 15) is 9.90 Å². The second kappa shape index (κ2) is 7.25. The van der Waals surface area contributed by atoms with E-state index in [0.29, 0.717) is 43.2 Å². The molecule has 2 atom stereocenters. The first-order valence-electron chi connectivity index (χ1n) is 8.91. The van der Waals surface area contributed by atoms with Crippen LogP contribution in [0.2, 0.25) is 5.02 Å². The number of carbonyl (C=O) groups is 1. The maximum absolute atomic E-state index is 13.4. The maximum atomic E-state index is 13.4. The summed E-state index contributed by atoms with van der Waals surface area (Å²) in [5.41, 5.74) is 4.13. The molecule has 0 bridgehead atoms. The highest BCUT2D eigenvalue weighted by Gasteiger charge is 2.52. The number of rotatable bonds is 3. The number of hydrazine groups is 1. The average molecular weight is 412 g/mol. The van der Waals surface area contributed by atoms with Crippen LogP contribution < -0.4 is 10.2 Å². The summed E-state index contributed by atoms with van der Waals surface area (Å²) in [5.74, 6) is 0.469. The monoisotopic (exact) mass is 411 g/mol. The van der Waals surface area contributed by atoms with Crippen molar-refractivity contribution < 1.29 is 19.4 Å². The zero-order valence-electron chi connectivity index (χ0n) is 15.2. The first-order chi connectivity index (χ1) is 12.9. The molecule has 1 aromatic carbocycles. The molecule has 3 heterocycles. The van der Waals surface area contributed by atoms with Crippen LogP contribution in [-0.4, -0.2) is 59.1 Å². The van der Waals surface area contributed by atoms with Crippen LogP contribution in [0, 0.1) is 0 Å². The van der Waals surface area contributed by atoms with E-state index in [1.165, 1.54) is 11.8 Å². The Bertz CT molecular complexity index is 795. The molecule has 2 N–H and O–H groups in total. The van der Waals surface area contributed by atoms with Crippen molar-refractivity contribution in [2.75, 3.05) is 20.3 Å². The van der Waals surface area contributed by atoms with Gasteiger partial charge in [-0.3, -0.25) is 14.8 Å². The smallest absolute Gasteiger partial charge is 0.256 e. The number of aliphatic hydroxyl groups is 1. The zero-order valence-corrected chi connectivity index (χ0v) is 16.8. The number of fused-ring (bicyclic) bond motifs is 2. The number of nitrogens with one attached hydrogen (secondary N) is 1. The molecule has 3 aliphatic heterocycles. The number of amides is 1. The first kappa shape index (κ1) is 19.0. The number of thioether (sulfide) groups is 1. The Labute approximate surface area is 167 Å². The van der Waals surface area contributed by atoms with Crippen molar-refractivity contribution in [1.82, 2.24) is 10.4 Å². The van der Waals surface area contributed by atoms with Gasteiger partial charge >= 0.3 is 0 Å². The van der Waals surface area contributed by atoms with E-state index in [1.54, 1.807) is 25.1 Å². The van der Waals surface area contributed by atoms with Crippen molar-refractivity contribution in [2.45, 2.75) is 48.1 Å². The second-order valence-corrected chi connectivity index (χ2v) is 8.60. The molecular formula is C18H22ClN3O4S. The van der Waals surface area contributed by atoms with Crippen LogP contribution in [0.1, 0.15) is 26.2 Å². The van der Waals surface area contributed by atoms with Crippen molar-refractivity contribution in [3.8, 4) is 5.75 Å². The van der Waals surface area contributed by atoms with Crippen LogP contribution in [0.25, 0.3) is 0 Å². The van der Waals surface area contributed by atoms with Crippen LogP contribution in [0.5, 0.6) is 5.75 Å². The van der Waals surface area contributed by atoms with Crippen molar-refractivity contribution >= 4 is 40.7 Å². The number of hydrogen-bond donors (Lipinski definition) is 2. The molecule has 2 unspecified atom stereocenters. The van der Waals surface area contributed by atoms with Gasteiger partial charge in [-0.25, -0.2) is 5.43 Å². The summed E-state index contributed by atoms with van der Waals surface area (Å²) in [6.45, 7) is 2.77. The second-order valence-electron chi connectivity index (χ2n) is 7.05. The highest BCUT2D eigenvalue weighted by Crippen LogP contribution is 2.48.